The van der Waals surface area contributed by atoms with Crippen LogP contribution in [0.4, 0.5) is 11.4 Å². The summed E-state index contributed by atoms with van der Waals surface area (Å²) in [5, 5.41) is 8.51. The third-order valence-corrected chi connectivity index (χ3v) is 5.98. The van der Waals surface area contributed by atoms with Gasteiger partial charge in [-0.05, 0) is 47.8 Å². The zero-order chi connectivity index (χ0) is 22.6. The first-order chi connectivity index (χ1) is 16.2. The lowest BCUT2D eigenvalue weighted by molar-refractivity contribution is -0.115. The topological polar surface area (TPSA) is 84.2 Å². The number of aromatic nitrogens is 1. The maximum Gasteiger partial charge on any atom is 0.256 e. The number of rotatable bonds is 6. The highest BCUT2D eigenvalue weighted by molar-refractivity contribution is 7.10. The first-order valence-corrected chi connectivity index (χ1v) is 11.2. The molecule has 2 N–H and O–H groups in total. The third kappa shape index (κ3) is 4.53. The molecule has 0 fully saturated rings. The van der Waals surface area contributed by atoms with Gasteiger partial charge < -0.3 is 15.1 Å². The van der Waals surface area contributed by atoms with Crippen molar-refractivity contribution in [2.45, 2.75) is 6.42 Å². The Balaban J connectivity index is 1.44. The predicted octanol–water partition coefficient (Wildman–Crippen LogP) is 5.99. The van der Waals surface area contributed by atoms with E-state index in [1.807, 2.05) is 53.9 Å². The van der Waals surface area contributed by atoms with Gasteiger partial charge in [-0.3, -0.25) is 9.59 Å². The fraction of sp³-hybridized carbons (Fsp3) is 0.0385. The van der Waals surface area contributed by atoms with Gasteiger partial charge in [-0.25, -0.2) is 4.98 Å². The monoisotopic (exact) mass is 453 g/mol. The van der Waals surface area contributed by atoms with Crippen molar-refractivity contribution in [2.75, 3.05) is 10.6 Å². The number of carbonyl (C=O) groups excluding carboxylic acids is 2. The summed E-state index contributed by atoms with van der Waals surface area (Å²) in [6, 6.07) is 23.7. The van der Waals surface area contributed by atoms with E-state index in [0.29, 0.717) is 33.9 Å². The van der Waals surface area contributed by atoms with E-state index in [4.69, 9.17) is 4.42 Å². The van der Waals surface area contributed by atoms with Gasteiger partial charge in [0.05, 0.1) is 35.1 Å². The first kappa shape index (κ1) is 20.7. The van der Waals surface area contributed by atoms with E-state index in [1.54, 1.807) is 36.6 Å². The predicted molar refractivity (Wildman–Crippen MR) is 130 cm³/mol. The van der Waals surface area contributed by atoms with Gasteiger partial charge in [0.1, 0.15) is 5.69 Å². The van der Waals surface area contributed by atoms with E-state index in [2.05, 4.69) is 15.6 Å². The van der Waals surface area contributed by atoms with Gasteiger partial charge in [0.25, 0.3) is 5.91 Å². The molecule has 0 aliphatic carbocycles. The van der Waals surface area contributed by atoms with Crippen LogP contribution in [0.25, 0.3) is 22.4 Å². The minimum absolute atomic E-state index is 0.145. The van der Waals surface area contributed by atoms with E-state index in [-0.39, 0.29) is 18.2 Å². The molecule has 0 radical (unpaired) electrons. The van der Waals surface area contributed by atoms with E-state index >= 15 is 0 Å². The molecule has 3 heterocycles. The van der Waals surface area contributed by atoms with Crippen LogP contribution in [0.3, 0.4) is 0 Å². The number of hydrogen-bond acceptors (Lipinski definition) is 5. The maximum atomic E-state index is 13.4. The molecule has 0 atom stereocenters. The number of hydrogen-bond donors (Lipinski definition) is 2. The lowest BCUT2D eigenvalue weighted by Crippen LogP contribution is -2.18. The average Bonchev–Trinajstić information content (AvgIpc) is 3.54. The van der Waals surface area contributed by atoms with Crippen LogP contribution in [0.15, 0.2) is 94.9 Å². The Morgan fingerprint density at radius 2 is 1.67 bits per heavy atom. The second-order valence-corrected chi connectivity index (χ2v) is 8.39. The van der Waals surface area contributed by atoms with Gasteiger partial charge in [0.15, 0.2) is 5.76 Å². The van der Waals surface area contributed by atoms with Crippen LogP contribution in [0, 0.1) is 0 Å². The number of carbonyl (C=O) groups is 2. The molecule has 2 amide bonds. The average molecular weight is 454 g/mol. The number of furan rings is 1. The van der Waals surface area contributed by atoms with Gasteiger partial charge in [-0.2, -0.15) is 0 Å². The first-order valence-electron chi connectivity index (χ1n) is 10.3. The number of pyridine rings is 1. The highest BCUT2D eigenvalue weighted by atomic mass is 32.1. The summed E-state index contributed by atoms with van der Waals surface area (Å²) < 4.78 is 5.49. The van der Waals surface area contributed by atoms with Crippen molar-refractivity contribution < 1.29 is 14.0 Å². The second-order valence-electron chi connectivity index (χ2n) is 7.35. The number of anilines is 2. The Hall–Kier alpha value is -4.23. The molecule has 0 unspecified atom stereocenters. The molecule has 0 spiro atoms. The summed E-state index contributed by atoms with van der Waals surface area (Å²) in [5.74, 6) is 0.131. The zero-order valence-corrected chi connectivity index (χ0v) is 18.3. The van der Waals surface area contributed by atoms with Crippen LogP contribution >= 0.6 is 11.3 Å². The number of fused-ring (bicyclic) bond motifs is 1. The summed E-state index contributed by atoms with van der Waals surface area (Å²) >= 11 is 1.53. The number of nitrogens with one attached hydrogen (secondary N) is 2. The molecule has 33 heavy (non-hydrogen) atoms. The molecular formula is C26H19N3O3S. The summed E-state index contributed by atoms with van der Waals surface area (Å²) in [6.45, 7) is 0. The molecule has 5 rings (SSSR count). The summed E-state index contributed by atoms with van der Waals surface area (Å²) in [5.41, 5.74) is 2.78. The molecule has 3 aromatic heterocycles. The maximum absolute atomic E-state index is 13.4. The van der Waals surface area contributed by atoms with E-state index in [1.165, 1.54) is 11.3 Å². The second kappa shape index (κ2) is 9.10. The molecule has 0 aliphatic rings. The molecule has 2 aromatic carbocycles. The number of nitrogens with zero attached hydrogens (tertiary/aromatic N) is 1. The van der Waals surface area contributed by atoms with Crippen molar-refractivity contribution in [3.8, 4) is 11.5 Å². The Morgan fingerprint density at radius 3 is 2.42 bits per heavy atom. The molecule has 0 saturated heterocycles. The van der Waals surface area contributed by atoms with Crippen LogP contribution in [-0.2, 0) is 11.2 Å². The van der Waals surface area contributed by atoms with Crippen LogP contribution in [-0.4, -0.2) is 16.8 Å². The van der Waals surface area contributed by atoms with Crippen LogP contribution in [0.1, 0.15) is 15.2 Å². The van der Waals surface area contributed by atoms with Crippen LogP contribution < -0.4 is 10.6 Å². The lowest BCUT2D eigenvalue weighted by atomic mass is 10.1. The molecular weight excluding hydrogens is 434 g/mol. The van der Waals surface area contributed by atoms with Crippen LogP contribution in [0.2, 0.25) is 0 Å². The SMILES string of the molecule is O=C(Cc1cccs1)Nc1ccccc1NC(=O)c1cc(-c2ccco2)nc2ccccc12. The largest absolute Gasteiger partial charge is 0.463 e. The van der Waals surface area contributed by atoms with Crippen LogP contribution in [0.5, 0.6) is 0 Å². The summed E-state index contributed by atoms with van der Waals surface area (Å²) in [7, 11) is 0. The Kier molecular flexibility index (Phi) is 5.70. The normalized spacial score (nSPS) is 10.8. The van der Waals surface area contributed by atoms with Gasteiger partial charge in [-0.1, -0.05) is 36.4 Å². The minimum atomic E-state index is -0.304. The van der Waals surface area contributed by atoms with E-state index < -0.39 is 0 Å². The molecule has 5 aromatic rings. The van der Waals surface area contributed by atoms with Crippen molar-refractivity contribution >= 4 is 45.4 Å². The third-order valence-electron chi connectivity index (χ3n) is 5.10. The number of para-hydroxylation sites is 3. The molecule has 0 saturated carbocycles. The number of thiophene rings is 1. The van der Waals surface area contributed by atoms with Crippen molar-refractivity contribution in [1.82, 2.24) is 4.98 Å². The van der Waals surface area contributed by atoms with Crippen molar-refractivity contribution in [3.63, 3.8) is 0 Å². The highest BCUT2D eigenvalue weighted by Crippen LogP contribution is 2.27. The molecule has 6 nitrogen and oxygen atoms in total. The van der Waals surface area contributed by atoms with Gasteiger partial charge >= 0.3 is 0 Å². The minimum Gasteiger partial charge on any atom is -0.463 e. The lowest BCUT2D eigenvalue weighted by Gasteiger charge is -2.13. The Bertz CT molecular complexity index is 1430. The number of amides is 2. The molecule has 162 valence electrons. The molecule has 7 heteroatoms. The van der Waals surface area contributed by atoms with Crippen molar-refractivity contribution in [1.29, 1.82) is 0 Å². The van der Waals surface area contributed by atoms with Gasteiger partial charge in [0.2, 0.25) is 5.91 Å². The fourth-order valence-corrected chi connectivity index (χ4v) is 4.27. The number of benzene rings is 2. The quantitative estimate of drug-likeness (QED) is 0.331. The smallest absolute Gasteiger partial charge is 0.256 e. The van der Waals surface area contributed by atoms with E-state index in [9.17, 15) is 9.59 Å². The summed E-state index contributed by atoms with van der Waals surface area (Å²) in [4.78, 5) is 31.5. The van der Waals surface area contributed by atoms with Gasteiger partial charge in [-0.15, -0.1) is 11.3 Å². The standard InChI is InChI=1S/C26H19N3O3S/c30-25(15-17-7-6-14-33-17)28-21-10-3-4-11-22(21)29-26(31)19-16-23(24-12-5-13-32-24)27-20-9-2-1-8-18(19)20/h1-14,16H,15H2,(H,28,30)(H,29,31). The molecule has 0 bridgehead atoms. The Labute approximate surface area is 193 Å². The Morgan fingerprint density at radius 1 is 0.879 bits per heavy atom. The van der Waals surface area contributed by atoms with Crippen molar-refractivity contribution in [2.24, 2.45) is 0 Å². The van der Waals surface area contributed by atoms with Gasteiger partial charge in [0, 0.05) is 10.3 Å². The molecule has 0 aliphatic heterocycles. The van der Waals surface area contributed by atoms with Crippen molar-refractivity contribution in [3.05, 3.63) is 101 Å². The highest BCUT2D eigenvalue weighted by Gasteiger charge is 2.17. The summed E-state index contributed by atoms with van der Waals surface area (Å²) in [6.07, 6.45) is 1.85. The zero-order valence-electron chi connectivity index (χ0n) is 17.4. The van der Waals surface area contributed by atoms with E-state index in [0.717, 1.165) is 10.3 Å². The fourth-order valence-electron chi connectivity index (χ4n) is 3.57.